The van der Waals surface area contributed by atoms with Crippen molar-refractivity contribution in [3.8, 4) is 0 Å². The SMILES string of the molecule is O=C(CSCC(=O)c1ccc(Br)cc1)OCc1ccc([N+](=O)[O-])cc1. The van der Waals surface area contributed by atoms with Crippen LogP contribution in [0.15, 0.2) is 53.0 Å². The number of rotatable bonds is 8. The van der Waals surface area contributed by atoms with Crippen molar-refractivity contribution < 1.29 is 19.2 Å². The third-order valence-corrected chi connectivity index (χ3v) is 4.60. The fourth-order valence-electron chi connectivity index (χ4n) is 1.87. The molecule has 0 atom stereocenters. The van der Waals surface area contributed by atoms with Gasteiger partial charge in [0.1, 0.15) is 6.61 Å². The first kappa shape index (κ1) is 19.1. The van der Waals surface area contributed by atoms with Gasteiger partial charge in [-0.05, 0) is 29.8 Å². The molecule has 8 heteroatoms. The molecule has 0 aliphatic rings. The van der Waals surface area contributed by atoms with E-state index in [0.29, 0.717) is 11.1 Å². The first-order valence-electron chi connectivity index (χ1n) is 7.21. The molecule has 0 aromatic heterocycles. The summed E-state index contributed by atoms with van der Waals surface area (Å²) in [6.45, 7) is 0.0397. The van der Waals surface area contributed by atoms with Crippen molar-refractivity contribution >= 4 is 45.1 Å². The summed E-state index contributed by atoms with van der Waals surface area (Å²) in [5, 5.41) is 10.6. The van der Waals surface area contributed by atoms with Crippen LogP contribution in [0.1, 0.15) is 15.9 Å². The summed E-state index contributed by atoms with van der Waals surface area (Å²) in [4.78, 5) is 33.7. The zero-order chi connectivity index (χ0) is 18.2. The van der Waals surface area contributed by atoms with Gasteiger partial charge in [-0.25, -0.2) is 0 Å². The van der Waals surface area contributed by atoms with Gasteiger partial charge in [-0.15, -0.1) is 11.8 Å². The number of ether oxygens (including phenoxy) is 1. The Labute approximate surface area is 156 Å². The van der Waals surface area contributed by atoms with Gasteiger partial charge in [-0.3, -0.25) is 19.7 Å². The number of carbonyl (C=O) groups excluding carboxylic acids is 2. The number of esters is 1. The maximum absolute atomic E-state index is 12.0. The highest BCUT2D eigenvalue weighted by atomic mass is 79.9. The van der Waals surface area contributed by atoms with Crippen LogP contribution in [-0.4, -0.2) is 28.2 Å². The quantitative estimate of drug-likeness (QED) is 0.275. The van der Waals surface area contributed by atoms with Crippen LogP contribution < -0.4 is 0 Å². The third kappa shape index (κ3) is 6.32. The Balaban J connectivity index is 1.70. The van der Waals surface area contributed by atoms with E-state index >= 15 is 0 Å². The monoisotopic (exact) mass is 423 g/mol. The lowest BCUT2D eigenvalue weighted by Crippen LogP contribution is -2.10. The molecule has 2 aromatic rings. The van der Waals surface area contributed by atoms with E-state index in [1.54, 1.807) is 24.3 Å². The number of halogens is 1. The average Bonchev–Trinajstić information content (AvgIpc) is 2.60. The Hall–Kier alpha value is -2.19. The Morgan fingerprint density at radius 3 is 2.28 bits per heavy atom. The van der Waals surface area contributed by atoms with E-state index < -0.39 is 10.9 Å². The van der Waals surface area contributed by atoms with Crippen molar-refractivity contribution in [2.24, 2.45) is 0 Å². The highest BCUT2D eigenvalue weighted by molar-refractivity contribution is 9.10. The van der Waals surface area contributed by atoms with Gasteiger partial charge < -0.3 is 4.74 Å². The number of nitro groups is 1. The lowest BCUT2D eigenvalue weighted by atomic mass is 10.2. The highest BCUT2D eigenvalue weighted by Crippen LogP contribution is 2.14. The minimum atomic E-state index is -0.491. The zero-order valence-electron chi connectivity index (χ0n) is 13.0. The predicted octanol–water partition coefficient (Wildman–Crippen LogP) is 4.02. The Bertz CT molecular complexity index is 762. The van der Waals surface area contributed by atoms with E-state index in [2.05, 4.69) is 15.9 Å². The number of thioether (sulfide) groups is 1. The first-order chi connectivity index (χ1) is 12.0. The second-order valence-electron chi connectivity index (χ2n) is 5.01. The van der Waals surface area contributed by atoms with Crippen molar-refractivity contribution in [1.29, 1.82) is 0 Å². The van der Waals surface area contributed by atoms with Crippen LogP contribution in [0.5, 0.6) is 0 Å². The summed E-state index contributed by atoms with van der Waals surface area (Å²) in [7, 11) is 0. The van der Waals surface area contributed by atoms with Crippen LogP contribution >= 0.6 is 27.7 Å². The van der Waals surface area contributed by atoms with Gasteiger partial charge in [0.2, 0.25) is 0 Å². The molecule has 0 saturated heterocycles. The van der Waals surface area contributed by atoms with Gasteiger partial charge in [0.05, 0.1) is 16.4 Å². The molecular formula is C17H14BrNO5S. The van der Waals surface area contributed by atoms with E-state index in [1.807, 2.05) is 0 Å². The van der Waals surface area contributed by atoms with Gasteiger partial charge in [0.25, 0.3) is 5.69 Å². The van der Waals surface area contributed by atoms with Crippen LogP contribution in [0.4, 0.5) is 5.69 Å². The first-order valence-corrected chi connectivity index (χ1v) is 9.16. The molecule has 25 heavy (non-hydrogen) atoms. The minimum absolute atomic E-state index is 0.0166. The zero-order valence-corrected chi connectivity index (χ0v) is 15.4. The molecule has 0 aliphatic heterocycles. The lowest BCUT2D eigenvalue weighted by molar-refractivity contribution is -0.384. The van der Waals surface area contributed by atoms with Crippen LogP contribution in [0.2, 0.25) is 0 Å². The van der Waals surface area contributed by atoms with E-state index in [4.69, 9.17) is 4.74 Å². The largest absolute Gasteiger partial charge is 0.460 e. The minimum Gasteiger partial charge on any atom is -0.460 e. The van der Waals surface area contributed by atoms with Gasteiger partial charge in [-0.1, -0.05) is 28.1 Å². The van der Waals surface area contributed by atoms with E-state index in [0.717, 1.165) is 4.47 Å². The van der Waals surface area contributed by atoms with Crippen molar-refractivity contribution in [2.75, 3.05) is 11.5 Å². The number of hydrogen-bond donors (Lipinski definition) is 0. The molecule has 2 rings (SSSR count). The predicted molar refractivity (Wildman–Crippen MR) is 98.7 cm³/mol. The average molecular weight is 424 g/mol. The molecule has 0 N–H and O–H groups in total. The lowest BCUT2D eigenvalue weighted by Gasteiger charge is -2.05. The van der Waals surface area contributed by atoms with Crippen molar-refractivity contribution in [1.82, 2.24) is 0 Å². The van der Waals surface area contributed by atoms with Crippen molar-refractivity contribution in [3.05, 3.63) is 74.2 Å². The molecule has 0 bridgehead atoms. The molecule has 130 valence electrons. The molecule has 0 radical (unpaired) electrons. The molecule has 0 amide bonds. The number of non-ortho nitro benzene ring substituents is 1. The van der Waals surface area contributed by atoms with E-state index in [-0.39, 0.29) is 29.6 Å². The number of Topliss-reactive ketones (excluding diaryl/α,β-unsaturated/α-hetero) is 1. The molecule has 2 aromatic carbocycles. The molecule has 0 spiro atoms. The summed E-state index contributed by atoms with van der Waals surface area (Å²) in [6.07, 6.45) is 0. The Morgan fingerprint density at radius 2 is 1.68 bits per heavy atom. The fraction of sp³-hybridized carbons (Fsp3) is 0.176. The van der Waals surface area contributed by atoms with Crippen LogP contribution in [0, 0.1) is 10.1 Å². The summed E-state index contributed by atoms with van der Waals surface area (Å²) < 4.78 is 5.98. The number of nitro benzene ring substituents is 1. The molecule has 0 unspecified atom stereocenters. The number of benzene rings is 2. The van der Waals surface area contributed by atoms with Gasteiger partial charge in [-0.2, -0.15) is 0 Å². The van der Waals surface area contributed by atoms with Gasteiger partial charge in [0, 0.05) is 22.2 Å². The maximum atomic E-state index is 12.0. The summed E-state index contributed by atoms with van der Waals surface area (Å²) >= 11 is 4.49. The number of ketones is 1. The van der Waals surface area contributed by atoms with Crippen LogP contribution in [0.3, 0.4) is 0 Å². The highest BCUT2D eigenvalue weighted by Gasteiger charge is 2.10. The summed E-state index contributed by atoms with van der Waals surface area (Å²) in [5.74, 6) is -0.239. The van der Waals surface area contributed by atoms with Crippen LogP contribution in [-0.2, 0) is 16.1 Å². The van der Waals surface area contributed by atoms with Crippen LogP contribution in [0.25, 0.3) is 0 Å². The molecule has 0 saturated carbocycles. The van der Waals surface area contributed by atoms with Gasteiger partial charge >= 0.3 is 5.97 Å². The number of carbonyl (C=O) groups is 2. The van der Waals surface area contributed by atoms with Gasteiger partial charge in [0.15, 0.2) is 5.78 Å². The third-order valence-electron chi connectivity index (χ3n) is 3.17. The molecule has 0 heterocycles. The second kappa shape index (κ2) is 9.33. The normalized spacial score (nSPS) is 10.3. The second-order valence-corrected chi connectivity index (χ2v) is 6.91. The summed E-state index contributed by atoms with van der Waals surface area (Å²) in [6, 6.07) is 12.8. The number of hydrogen-bond acceptors (Lipinski definition) is 6. The molecule has 0 fully saturated rings. The smallest absolute Gasteiger partial charge is 0.316 e. The van der Waals surface area contributed by atoms with E-state index in [9.17, 15) is 19.7 Å². The molecule has 6 nitrogen and oxygen atoms in total. The topological polar surface area (TPSA) is 86.5 Å². The fourth-order valence-corrected chi connectivity index (χ4v) is 2.83. The Kier molecular flexibility index (Phi) is 7.15. The maximum Gasteiger partial charge on any atom is 0.316 e. The van der Waals surface area contributed by atoms with E-state index in [1.165, 1.54) is 36.0 Å². The number of nitrogens with zero attached hydrogens (tertiary/aromatic N) is 1. The Morgan fingerprint density at radius 1 is 1.04 bits per heavy atom. The molecular weight excluding hydrogens is 410 g/mol. The summed E-state index contributed by atoms with van der Waals surface area (Å²) in [5.41, 5.74) is 1.24. The van der Waals surface area contributed by atoms with Crippen molar-refractivity contribution in [2.45, 2.75) is 6.61 Å². The van der Waals surface area contributed by atoms with Crippen molar-refractivity contribution in [3.63, 3.8) is 0 Å². The standard InChI is InChI=1S/C17H14BrNO5S/c18-14-5-3-13(4-6-14)16(20)10-25-11-17(21)24-9-12-1-7-15(8-2-12)19(22)23/h1-8H,9-11H2. The molecule has 0 aliphatic carbocycles.